The zero-order chi connectivity index (χ0) is 22.0. The van der Waals surface area contributed by atoms with Gasteiger partial charge in [-0.2, -0.15) is 0 Å². The largest absolute Gasteiger partial charge is 0.0617 e. The number of hydrogen-bond donors (Lipinski definition) is 0. The summed E-state index contributed by atoms with van der Waals surface area (Å²) in [5.41, 5.74) is 11.3. The van der Waals surface area contributed by atoms with Crippen LogP contribution in [0.1, 0.15) is 101 Å². The van der Waals surface area contributed by atoms with Crippen LogP contribution in [0.5, 0.6) is 0 Å². The fourth-order valence-electron chi connectivity index (χ4n) is 4.60. The lowest BCUT2D eigenvalue weighted by Crippen LogP contribution is -2.01. The third kappa shape index (κ3) is 4.38. The van der Waals surface area contributed by atoms with Crippen molar-refractivity contribution in [2.75, 3.05) is 0 Å². The standard InChI is InChI=1S/C30H38/c1-19(2)25-14-10-15-26(20(3)4)29(25)23-12-9-13-24(18-23)30-27(21(5)6)16-11-17-28(30)22(7)8/h9-22H,1-8H3. The highest BCUT2D eigenvalue weighted by Crippen LogP contribution is 2.40. The van der Waals surface area contributed by atoms with Gasteiger partial charge in [0.15, 0.2) is 0 Å². The quantitative estimate of drug-likeness (QED) is 0.388. The smallest absolute Gasteiger partial charge is 0.0114 e. The molecule has 0 atom stereocenters. The van der Waals surface area contributed by atoms with Gasteiger partial charge in [-0.15, -0.1) is 0 Å². The third-order valence-electron chi connectivity index (χ3n) is 6.19. The highest BCUT2D eigenvalue weighted by molar-refractivity contribution is 5.80. The van der Waals surface area contributed by atoms with Crippen LogP contribution in [0.4, 0.5) is 0 Å². The Hall–Kier alpha value is -2.34. The normalized spacial score (nSPS) is 11.9. The molecule has 0 aliphatic heterocycles. The van der Waals surface area contributed by atoms with E-state index in [1.165, 1.54) is 44.5 Å². The van der Waals surface area contributed by atoms with E-state index in [-0.39, 0.29) is 0 Å². The van der Waals surface area contributed by atoms with Crippen LogP contribution >= 0.6 is 0 Å². The summed E-state index contributed by atoms with van der Waals surface area (Å²) >= 11 is 0. The van der Waals surface area contributed by atoms with Crippen LogP contribution in [0.2, 0.25) is 0 Å². The molecule has 0 N–H and O–H groups in total. The van der Waals surface area contributed by atoms with Crippen LogP contribution in [0.15, 0.2) is 60.7 Å². The Morgan fingerprint density at radius 1 is 0.400 bits per heavy atom. The van der Waals surface area contributed by atoms with Crippen molar-refractivity contribution in [2.24, 2.45) is 0 Å². The van der Waals surface area contributed by atoms with Crippen molar-refractivity contribution in [3.8, 4) is 22.3 Å². The molecule has 0 heterocycles. The molecule has 0 unspecified atom stereocenters. The van der Waals surface area contributed by atoms with Gasteiger partial charge in [0.25, 0.3) is 0 Å². The third-order valence-corrected chi connectivity index (χ3v) is 6.19. The van der Waals surface area contributed by atoms with E-state index in [9.17, 15) is 0 Å². The molecule has 3 rings (SSSR count). The summed E-state index contributed by atoms with van der Waals surface area (Å²) in [4.78, 5) is 0. The van der Waals surface area contributed by atoms with Gasteiger partial charge in [-0.05, 0) is 74.2 Å². The second-order valence-electron chi connectivity index (χ2n) is 9.82. The van der Waals surface area contributed by atoms with Crippen LogP contribution in [0.25, 0.3) is 22.3 Å². The maximum absolute atomic E-state index is 2.43. The van der Waals surface area contributed by atoms with Crippen molar-refractivity contribution < 1.29 is 0 Å². The van der Waals surface area contributed by atoms with Gasteiger partial charge in [0.2, 0.25) is 0 Å². The topological polar surface area (TPSA) is 0 Å². The zero-order valence-electron chi connectivity index (χ0n) is 20.1. The molecular formula is C30H38. The first-order chi connectivity index (χ1) is 14.2. The van der Waals surface area contributed by atoms with E-state index in [4.69, 9.17) is 0 Å². The van der Waals surface area contributed by atoms with E-state index < -0.39 is 0 Å². The highest BCUT2D eigenvalue weighted by atomic mass is 14.2. The molecule has 0 nitrogen and oxygen atoms in total. The Morgan fingerprint density at radius 2 is 0.667 bits per heavy atom. The van der Waals surface area contributed by atoms with Gasteiger partial charge < -0.3 is 0 Å². The minimum atomic E-state index is 0.497. The molecule has 0 fully saturated rings. The first-order valence-electron chi connectivity index (χ1n) is 11.6. The van der Waals surface area contributed by atoms with Gasteiger partial charge in [-0.3, -0.25) is 0 Å². The van der Waals surface area contributed by atoms with Gasteiger partial charge in [0, 0.05) is 0 Å². The SMILES string of the molecule is CC(C)c1cccc(C(C)C)c1-c1cccc(-c2c(C(C)C)cccc2C(C)C)c1. The first-order valence-corrected chi connectivity index (χ1v) is 11.6. The Kier molecular flexibility index (Phi) is 6.86. The molecule has 0 saturated carbocycles. The second kappa shape index (κ2) is 9.21. The monoisotopic (exact) mass is 398 g/mol. The van der Waals surface area contributed by atoms with E-state index in [0.717, 1.165) is 0 Å². The van der Waals surface area contributed by atoms with E-state index in [0.29, 0.717) is 23.7 Å². The molecule has 158 valence electrons. The molecule has 0 amide bonds. The molecule has 0 aliphatic carbocycles. The molecule has 0 aromatic heterocycles. The number of rotatable bonds is 6. The fraction of sp³-hybridized carbons (Fsp3) is 0.400. The predicted octanol–water partition coefficient (Wildman–Crippen LogP) is 9.51. The molecule has 0 spiro atoms. The molecule has 0 radical (unpaired) electrons. The highest BCUT2D eigenvalue weighted by Gasteiger charge is 2.19. The second-order valence-corrected chi connectivity index (χ2v) is 9.82. The van der Waals surface area contributed by atoms with Crippen LogP contribution in [-0.4, -0.2) is 0 Å². The van der Waals surface area contributed by atoms with Crippen molar-refractivity contribution in [2.45, 2.75) is 79.1 Å². The molecule has 3 aromatic carbocycles. The Balaban J connectivity index is 2.29. The van der Waals surface area contributed by atoms with Crippen molar-refractivity contribution >= 4 is 0 Å². The zero-order valence-corrected chi connectivity index (χ0v) is 20.1. The van der Waals surface area contributed by atoms with Gasteiger partial charge in [-0.25, -0.2) is 0 Å². The van der Waals surface area contributed by atoms with E-state index in [2.05, 4.69) is 116 Å². The molecule has 30 heavy (non-hydrogen) atoms. The average Bonchev–Trinajstić information content (AvgIpc) is 2.72. The lowest BCUT2D eigenvalue weighted by atomic mass is 9.82. The Morgan fingerprint density at radius 3 is 0.933 bits per heavy atom. The van der Waals surface area contributed by atoms with E-state index in [1.807, 2.05) is 0 Å². The summed E-state index contributed by atoms with van der Waals surface area (Å²) in [5.74, 6) is 1.99. The van der Waals surface area contributed by atoms with Crippen molar-refractivity contribution in [1.82, 2.24) is 0 Å². The van der Waals surface area contributed by atoms with Crippen molar-refractivity contribution in [1.29, 1.82) is 0 Å². The first kappa shape index (κ1) is 22.3. The van der Waals surface area contributed by atoms with Crippen molar-refractivity contribution in [3.63, 3.8) is 0 Å². The average molecular weight is 399 g/mol. The summed E-state index contributed by atoms with van der Waals surface area (Å²) in [6, 6.07) is 22.9. The van der Waals surface area contributed by atoms with Gasteiger partial charge in [0.05, 0.1) is 0 Å². The summed E-state index contributed by atoms with van der Waals surface area (Å²) in [6.45, 7) is 18.4. The number of benzene rings is 3. The summed E-state index contributed by atoms with van der Waals surface area (Å²) < 4.78 is 0. The summed E-state index contributed by atoms with van der Waals surface area (Å²) in [5, 5.41) is 0. The van der Waals surface area contributed by atoms with Crippen LogP contribution in [-0.2, 0) is 0 Å². The van der Waals surface area contributed by atoms with Crippen LogP contribution in [0, 0.1) is 0 Å². The van der Waals surface area contributed by atoms with Gasteiger partial charge in [0.1, 0.15) is 0 Å². The predicted molar refractivity (Wildman–Crippen MR) is 134 cm³/mol. The lowest BCUT2D eigenvalue weighted by molar-refractivity contribution is 0.837. The molecule has 0 aliphatic rings. The molecule has 3 aromatic rings. The minimum Gasteiger partial charge on any atom is -0.0617 e. The van der Waals surface area contributed by atoms with E-state index in [1.54, 1.807) is 0 Å². The van der Waals surface area contributed by atoms with Crippen LogP contribution < -0.4 is 0 Å². The maximum atomic E-state index is 2.43. The van der Waals surface area contributed by atoms with Gasteiger partial charge >= 0.3 is 0 Å². The molecule has 0 saturated heterocycles. The molecule has 0 heteroatoms. The number of hydrogen-bond acceptors (Lipinski definition) is 0. The van der Waals surface area contributed by atoms with E-state index >= 15 is 0 Å². The lowest BCUT2D eigenvalue weighted by Gasteiger charge is -2.23. The summed E-state index contributed by atoms with van der Waals surface area (Å²) in [6.07, 6.45) is 0. The summed E-state index contributed by atoms with van der Waals surface area (Å²) in [7, 11) is 0. The fourth-order valence-corrected chi connectivity index (χ4v) is 4.60. The maximum Gasteiger partial charge on any atom is -0.0114 e. The molecular weight excluding hydrogens is 360 g/mol. The Bertz CT molecular complexity index is 871. The minimum absolute atomic E-state index is 0.497. The van der Waals surface area contributed by atoms with Crippen LogP contribution in [0.3, 0.4) is 0 Å². The molecule has 0 bridgehead atoms. The van der Waals surface area contributed by atoms with Crippen molar-refractivity contribution in [3.05, 3.63) is 82.9 Å². The van der Waals surface area contributed by atoms with Gasteiger partial charge in [-0.1, -0.05) is 110 Å². The Labute approximate surface area is 184 Å².